The van der Waals surface area contributed by atoms with E-state index in [9.17, 15) is 5.11 Å². The van der Waals surface area contributed by atoms with Crippen molar-refractivity contribution in [2.45, 2.75) is 26.2 Å². The highest BCUT2D eigenvalue weighted by atomic mass is 16.3. The first-order valence-corrected chi connectivity index (χ1v) is 5.30. The molecule has 0 aliphatic heterocycles. The van der Waals surface area contributed by atoms with E-state index in [-0.39, 0.29) is 5.41 Å². The number of imidazole rings is 1. The summed E-state index contributed by atoms with van der Waals surface area (Å²) in [6, 6.07) is 5.72. The Morgan fingerprint density at radius 3 is 2.50 bits per heavy atom. The van der Waals surface area contributed by atoms with E-state index in [0.29, 0.717) is 5.75 Å². The fourth-order valence-corrected chi connectivity index (χ4v) is 1.73. The maximum Gasteiger partial charge on any atom is 0.121 e. The second-order valence-corrected chi connectivity index (χ2v) is 4.92. The van der Waals surface area contributed by atoms with E-state index in [1.807, 2.05) is 22.9 Å². The maximum absolute atomic E-state index is 9.99. The summed E-state index contributed by atoms with van der Waals surface area (Å²) in [6.07, 6.45) is 5.28. The lowest BCUT2D eigenvalue weighted by Crippen LogP contribution is -2.11. The van der Waals surface area contributed by atoms with Gasteiger partial charge in [0.2, 0.25) is 0 Å². The standard InChI is InChI=1S/C13H16N2O/c1-13(2,3)11-5-4-10(8-12(11)16)15-7-6-14-9-15/h4-9,16H,1-3H3. The van der Waals surface area contributed by atoms with Crippen LogP contribution >= 0.6 is 0 Å². The Hall–Kier alpha value is -1.77. The van der Waals surface area contributed by atoms with Crippen molar-refractivity contribution in [2.75, 3.05) is 0 Å². The molecular formula is C13H16N2O. The van der Waals surface area contributed by atoms with Crippen molar-refractivity contribution in [1.29, 1.82) is 0 Å². The lowest BCUT2D eigenvalue weighted by molar-refractivity contribution is 0.446. The topological polar surface area (TPSA) is 38.0 Å². The van der Waals surface area contributed by atoms with Gasteiger partial charge in [-0.25, -0.2) is 4.98 Å². The van der Waals surface area contributed by atoms with Gasteiger partial charge in [0.1, 0.15) is 5.75 Å². The van der Waals surface area contributed by atoms with Gasteiger partial charge in [0.15, 0.2) is 0 Å². The van der Waals surface area contributed by atoms with Crippen LogP contribution in [0, 0.1) is 0 Å². The molecule has 84 valence electrons. The van der Waals surface area contributed by atoms with E-state index in [2.05, 4.69) is 25.8 Å². The molecule has 0 fully saturated rings. The molecule has 3 nitrogen and oxygen atoms in total. The van der Waals surface area contributed by atoms with E-state index in [1.54, 1.807) is 18.6 Å². The first-order valence-electron chi connectivity index (χ1n) is 5.30. The van der Waals surface area contributed by atoms with Crippen molar-refractivity contribution in [2.24, 2.45) is 0 Å². The minimum Gasteiger partial charge on any atom is -0.508 e. The molecule has 0 atom stereocenters. The zero-order valence-electron chi connectivity index (χ0n) is 9.81. The van der Waals surface area contributed by atoms with E-state index >= 15 is 0 Å². The van der Waals surface area contributed by atoms with E-state index in [0.717, 1.165) is 11.3 Å². The smallest absolute Gasteiger partial charge is 0.121 e. The Balaban J connectivity index is 2.45. The predicted octanol–water partition coefficient (Wildman–Crippen LogP) is 2.88. The summed E-state index contributed by atoms with van der Waals surface area (Å²) in [5.74, 6) is 0.332. The average molecular weight is 216 g/mol. The highest BCUT2D eigenvalue weighted by molar-refractivity contribution is 5.46. The molecule has 2 aromatic rings. The lowest BCUT2D eigenvalue weighted by Gasteiger charge is -2.20. The Bertz CT molecular complexity index is 481. The molecule has 0 spiro atoms. The number of rotatable bonds is 1. The average Bonchev–Trinajstić information content (AvgIpc) is 2.68. The Kier molecular flexibility index (Phi) is 2.46. The molecule has 0 saturated carbocycles. The van der Waals surface area contributed by atoms with Crippen molar-refractivity contribution < 1.29 is 5.11 Å². The highest BCUT2D eigenvalue weighted by Gasteiger charge is 2.17. The van der Waals surface area contributed by atoms with Crippen LogP contribution in [0.4, 0.5) is 0 Å². The number of benzene rings is 1. The third kappa shape index (κ3) is 1.94. The summed E-state index contributed by atoms with van der Waals surface area (Å²) >= 11 is 0. The summed E-state index contributed by atoms with van der Waals surface area (Å²) in [5.41, 5.74) is 1.83. The molecular weight excluding hydrogens is 200 g/mol. The summed E-state index contributed by atoms with van der Waals surface area (Å²) in [4.78, 5) is 3.98. The number of nitrogens with zero attached hydrogens (tertiary/aromatic N) is 2. The van der Waals surface area contributed by atoms with Crippen molar-refractivity contribution in [3.8, 4) is 11.4 Å². The first kappa shape index (κ1) is 10.7. The third-order valence-electron chi connectivity index (χ3n) is 2.59. The number of hydrogen-bond acceptors (Lipinski definition) is 2. The van der Waals surface area contributed by atoms with Crippen LogP contribution in [-0.4, -0.2) is 14.7 Å². The molecule has 0 radical (unpaired) electrons. The third-order valence-corrected chi connectivity index (χ3v) is 2.59. The Morgan fingerprint density at radius 2 is 2.00 bits per heavy atom. The zero-order valence-corrected chi connectivity index (χ0v) is 9.81. The quantitative estimate of drug-likeness (QED) is 0.796. The van der Waals surface area contributed by atoms with Crippen LogP contribution in [0.25, 0.3) is 5.69 Å². The first-order chi connectivity index (χ1) is 7.48. The number of phenols is 1. The van der Waals surface area contributed by atoms with Gasteiger partial charge in [-0.3, -0.25) is 0 Å². The van der Waals surface area contributed by atoms with Gasteiger partial charge in [0.25, 0.3) is 0 Å². The molecule has 2 rings (SSSR count). The normalized spacial score (nSPS) is 11.7. The van der Waals surface area contributed by atoms with Gasteiger partial charge >= 0.3 is 0 Å². The van der Waals surface area contributed by atoms with Crippen molar-refractivity contribution in [3.05, 3.63) is 42.5 Å². The summed E-state index contributed by atoms with van der Waals surface area (Å²) < 4.78 is 1.87. The number of phenolic OH excluding ortho intramolecular Hbond substituents is 1. The summed E-state index contributed by atoms with van der Waals surface area (Å²) in [7, 11) is 0. The summed E-state index contributed by atoms with van der Waals surface area (Å²) in [6.45, 7) is 6.25. The van der Waals surface area contributed by atoms with Crippen molar-refractivity contribution in [1.82, 2.24) is 9.55 Å². The van der Waals surface area contributed by atoms with Gasteiger partial charge in [-0.15, -0.1) is 0 Å². The molecule has 1 aromatic heterocycles. The van der Waals surface area contributed by atoms with Crippen LogP contribution < -0.4 is 0 Å². The second-order valence-electron chi connectivity index (χ2n) is 4.92. The molecule has 1 aromatic carbocycles. The molecule has 1 heterocycles. The van der Waals surface area contributed by atoms with E-state index in [4.69, 9.17) is 0 Å². The zero-order chi connectivity index (χ0) is 11.8. The van der Waals surface area contributed by atoms with Gasteiger partial charge < -0.3 is 9.67 Å². The second kappa shape index (κ2) is 3.67. The van der Waals surface area contributed by atoms with Crippen LogP contribution in [-0.2, 0) is 5.41 Å². The molecule has 3 heteroatoms. The minimum absolute atomic E-state index is 0.0441. The monoisotopic (exact) mass is 216 g/mol. The van der Waals surface area contributed by atoms with Crippen LogP contribution in [0.5, 0.6) is 5.75 Å². The van der Waals surface area contributed by atoms with Crippen LogP contribution in [0.15, 0.2) is 36.9 Å². The van der Waals surface area contributed by atoms with Crippen molar-refractivity contribution >= 4 is 0 Å². The summed E-state index contributed by atoms with van der Waals surface area (Å²) in [5, 5.41) is 9.99. The maximum atomic E-state index is 9.99. The molecule has 0 amide bonds. The molecule has 16 heavy (non-hydrogen) atoms. The van der Waals surface area contributed by atoms with Crippen LogP contribution in [0.3, 0.4) is 0 Å². The van der Waals surface area contributed by atoms with Gasteiger partial charge in [0.05, 0.1) is 12.0 Å². The Labute approximate surface area is 95.4 Å². The fourth-order valence-electron chi connectivity index (χ4n) is 1.73. The lowest BCUT2D eigenvalue weighted by atomic mass is 9.86. The molecule has 0 unspecified atom stereocenters. The molecule has 0 aliphatic carbocycles. The van der Waals surface area contributed by atoms with Crippen molar-refractivity contribution in [3.63, 3.8) is 0 Å². The number of aromatic nitrogens is 2. The minimum atomic E-state index is -0.0441. The largest absolute Gasteiger partial charge is 0.508 e. The van der Waals surface area contributed by atoms with Crippen LogP contribution in [0.1, 0.15) is 26.3 Å². The fraction of sp³-hybridized carbons (Fsp3) is 0.308. The van der Waals surface area contributed by atoms with E-state index in [1.165, 1.54) is 0 Å². The SMILES string of the molecule is CC(C)(C)c1ccc(-n2ccnc2)cc1O. The predicted molar refractivity (Wildman–Crippen MR) is 63.9 cm³/mol. The van der Waals surface area contributed by atoms with Gasteiger partial charge in [0, 0.05) is 18.5 Å². The molecule has 0 saturated heterocycles. The molecule has 0 aliphatic rings. The molecule has 1 N–H and O–H groups in total. The molecule has 0 bridgehead atoms. The number of hydrogen-bond donors (Lipinski definition) is 1. The number of aromatic hydroxyl groups is 1. The van der Waals surface area contributed by atoms with Gasteiger partial charge in [-0.2, -0.15) is 0 Å². The van der Waals surface area contributed by atoms with Gasteiger partial charge in [-0.05, 0) is 17.0 Å². The Morgan fingerprint density at radius 1 is 1.25 bits per heavy atom. The highest BCUT2D eigenvalue weighted by Crippen LogP contribution is 2.31. The van der Waals surface area contributed by atoms with Gasteiger partial charge in [-0.1, -0.05) is 26.8 Å². The van der Waals surface area contributed by atoms with Crippen LogP contribution in [0.2, 0.25) is 0 Å². The van der Waals surface area contributed by atoms with E-state index < -0.39 is 0 Å².